The van der Waals surface area contributed by atoms with E-state index in [9.17, 15) is 10.2 Å². The number of phenolic OH excluding ortho intramolecular Hbond substituents is 2. The molecule has 3 N–H and O–H groups in total. The van der Waals surface area contributed by atoms with Crippen molar-refractivity contribution in [2.24, 2.45) is 0 Å². The van der Waals surface area contributed by atoms with Crippen molar-refractivity contribution in [1.82, 2.24) is 20.3 Å². The highest BCUT2D eigenvalue weighted by Gasteiger charge is 2.13. The second-order valence-corrected chi connectivity index (χ2v) is 4.41. The first-order valence-electron chi connectivity index (χ1n) is 6.27. The van der Waals surface area contributed by atoms with Crippen LogP contribution in [0.3, 0.4) is 0 Å². The summed E-state index contributed by atoms with van der Waals surface area (Å²) in [7, 11) is 0. The number of phenols is 2. The third-order valence-electron chi connectivity index (χ3n) is 2.98. The number of aryl methyl sites for hydroxylation is 1. The van der Waals surface area contributed by atoms with Crippen molar-refractivity contribution in [2.75, 3.05) is 6.54 Å². The molecule has 6 nitrogen and oxygen atoms in total. The standard InChI is InChI=1S/C13H18N4O2/c1-10(13-11(18)4-2-5-12(13)19)14-6-3-8-17-9-7-15-16-17/h2,4-5,7,9-10,14,18-19H,3,6,8H2,1H3. The summed E-state index contributed by atoms with van der Waals surface area (Å²) >= 11 is 0. The lowest BCUT2D eigenvalue weighted by molar-refractivity contribution is 0.415. The Morgan fingerprint density at radius 3 is 2.68 bits per heavy atom. The molecule has 0 saturated carbocycles. The molecule has 0 aliphatic heterocycles. The highest BCUT2D eigenvalue weighted by Crippen LogP contribution is 2.31. The summed E-state index contributed by atoms with van der Waals surface area (Å²) in [6, 6.07) is 4.65. The molecule has 2 aromatic rings. The average Bonchev–Trinajstić information content (AvgIpc) is 2.87. The zero-order valence-electron chi connectivity index (χ0n) is 10.8. The molecule has 0 aliphatic rings. The van der Waals surface area contributed by atoms with Crippen LogP contribution in [-0.2, 0) is 6.54 Å². The first kappa shape index (κ1) is 13.4. The third-order valence-corrected chi connectivity index (χ3v) is 2.98. The van der Waals surface area contributed by atoms with E-state index in [1.807, 2.05) is 13.1 Å². The van der Waals surface area contributed by atoms with Crippen LogP contribution in [0.25, 0.3) is 0 Å². The SMILES string of the molecule is CC(NCCCn1ccnn1)c1c(O)cccc1O. The Hall–Kier alpha value is -2.08. The Bertz CT molecular complexity index is 493. The van der Waals surface area contributed by atoms with E-state index in [1.165, 1.54) is 0 Å². The first-order chi connectivity index (χ1) is 9.18. The van der Waals surface area contributed by atoms with Crippen LogP contribution in [0.2, 0.25) is 0 Å². The second kappa shape index (κ2) is 6.19. The van der Waals surface area contributed by atoms with Gasteiger partial charge in [-0.3, -0.25) is 4.68 Å². The van der Waals surface area contributed by atoms with Crippen molar-refractivity contribution in [3.05, 3.63) is 36.2 Å². The van der Waals surface area contributed by atoms with Gasteiger partial charge in [0.1, 0.15) is 11.5 Å². The Balaban J connectivity index is 1.82. The van der Waals surface area contributed by atoms with Crippen molar-refractivity contribution >= 4 is 0 Å². The maximum absolute atomic E-state index is 9.75. The zero-order chi connectivity index (χ0) is 13.7. The Morgan fingerprint density at radius 2 is 2.05 bits per heavy atom. The number of nitrogens with zero attached hydrogens (tertiary/aromatic N) is 3. The van der Waals surface area contributed by atoms with Gasteiger partial charge in [-0.05, 0) is 32.0 Å². The minimum absolute atomic E-state index is 0.108. The fraction of sp³-hybridized carbons (Fsp3) is 0.385. The van der Waals surface area contributed by atoms with E-state index < -0.39 is 0 Å². The largest absolute Gasteiger partial charge is 0.507 e. The Morgan fingerprint density at radius 1 is 1.32 bits per heavy atom. The van der Waals surface area contributed by atoms with Gasteiger partial charge in [-0.25, -0.2) is 0 Å². The molecule has 0 fully saturated rings. The summed E-state index contributed by atoms with van der Waals surface area (Å²) in [6.07, 6.45) is 4.36. The Kier molecular flexibility index (Phi) is 4.35. The van der Waals surface area contributed by atoms with Gasteiger partial charge in [-0.15, -0.1) is 5.10 Å². The van der Waals surface area contributed by atoms with Crippen LogP contribution in [-0.4, -0.2) is 31.8 Å². The van der Waals surface area contributed by atoms with Crippen LogP contribution in [0.15, 0.2) is 30.6 Å². The predicted molar refractivity (Wildman–Crippen MR) is 70.8 cm³/mol. The topological polar surface area (TPSA) is 83.2 Å². The molecular weight excluding hydrogens is 244 g/mol. The molecule has 1 aromatic heterocycles. The van der Waals surface area contributed by atoms with Crippen molar-refractivity contribution in [2.45, 2.75) is 25.9 Å². The molecule has 0 aliphatic carbocycles. The smallest absolute Gasteiger partial charge is 0.124 e. The van der Waals surface area contributed by atoms with Gasteiger partial charge < -0.3 is 15.5 Å². The van der Waals surface area contributed by atoms with E-state index >= 15 is 0 Å². The summed E-state index contributed by atoms with van der Waals surface area (Å²) in [5.74, 6) is 0.215. The molecule has 2 rings (SSSR count). The zero-order valence-corrected chi connectivity index (χ0v) is 10.8. The quantitative estimate of drug-likeness (QED) is 0.686. The summed E-state index contributed by atoms with van der Waals surface area (Å²) in [6.45, 7) is 3.45. The summed E-state index contributed by atoms with van der Waals surface area (Å²) in [5, 5.41) is 30.4. The van der Waals surface area contributed by atoms with Crippen LogP contribution in [0.1, 0.15) is 24.9 Å². The molecule has 1 unspecified atom stereocenters. The lowest BCUT2D eigenvalue weighted by Crippen LogP contribution is -2.21. The van der Waals surface area contributed by atoms with Gasteiger partial charge in [0.2, 0.25) is 0 Å². The monoisotopic (exact) mass is 262 g/mol. The third kappa shape index (κ3) is 3.45. The van der Waals surface area contributed by atoms with E-state index in [2.05, 4.69) is 15.6 Å². The second-order valence-electron chi connectivity index (χ2n) is 4.41. The van der Waals surface area contributed by atoms with E-state index in [4.69, 9.17) is 0 Å². The number of benzene rings is 1. The van der Waals surface area contributed by atoms with Gasteiger partial charge in [0.05, 0.1) is 11.8 Å². The average molecular weight is 262 g/mol. The molecule has 0 saturated heterocycles. The minimum atomic E-state index is -0.114. The number of aromatic hydroxyl groups is 2. The predicted octanol–water partition coefficient (Wildman–Crippen LogP) is 1.43. The normalized spacial score (nSPS) is 12.5. The molecule has 19 heavy (non-hydrogen) atoms. The minimum Gasteiger partial charge on any atom is -0.507 e. The van der Waals surface area contributed by atoms with Crippen LogP contribution in [0.5, 0.6) is 11.5 Å². The van der Waals surface area contributed by atoms with Gasteiger partial charge in [0, 0.05) is 18.8 Å². The van der Waals surface area contributed by atoms with Crippen LogP contribution in [0.4, 0.5) is 0 Å². The van der Waals surface area contributed by atoms with Crippen molar-refractivity contribution in [3.63, 3.8) is 0 Å². The molecule has 0 spiro atoms. The van der Waals surface area contributed by atoms with E-state index in [-0.39, 0.29) is 17.5 Å². The van der Waals surface area contributed by atoms with Gasteiger partial charge in [0.25, 0.3) is 0 Å². The number of hydrogen-bond acceptors (Lipinski definition) is 5. The van der Waals surface area contributed by atoms with E-state index in [0.29, 0.717) is 5.56 Å². The summed E-state index contributed by atoms with van der Waals surface area (Å²) < 4.78 is 1.77. The highest BCUT2D eigenvalue weighted by molar-refractivity contribution is 5.44. The fourth-order valence-electron chi connectivity index (χ4n) is 2.00. The van der Waals surface area contributed by atoms with Gasteiger partial charge in [0.15, 0.2) is 0 Å². The van der Waals surface area contributed by atoms with Crippen LogP contribution >= 0.6 is 0 Å². The highest BCUT2D eigenvalue weighted by atomic mass is 16.3. The number of hydrogen-bond donors (Lipinski definition) is 3. The molecule has 1 atom stereocenters. The molecule has 102 valence electrons. The molecule has 0 radical (unpaired) electrons. The fourth-order valence-corrected chi connectivity index (χ4v) is 2.00. The molecular formula is C13H18N4O2. The van der Waals surface area contributed by atoms with Crippen molar-refractivity contribution in [1.29, 1.82) is 0 Å². The van der Waals surface area contributed by atoms with Crippen LogP contribution in [0, 0.1) is 0 Å². The van der Waals surface area contributed by atoms with Gasteiger partial charge in [-0.1, -0.05) is 11.3 Å². The molecule has 0 amide bonds. The summed E-state index contributed by atoms with van der Waals surface area (Å²) in [4.78, 5) is 0. The van der Waals surface area contributed by atoms with Gasteiger partial charge in [-0.2, -0.15) is 0 Å². The van der Waals surface area contributed by atoms with Gasteiger partial charge >= 0.3 is 0 Å². The molecule has 0 bridgehead atoms. The maximum Gasteiger partial charge on any atom is 0.124 e. The number of rotatable bonds is 6. The maximum atomic E-state index is 9.75. The van der Waals surface area contributed by atoms with Crippen molar-refractivity contribution in [3.8, 4) is 11.5 Å². The number of aromatic nitrogens is 3. The molecule has 6 heteroatoms. The van der Waals surface area contributed by atoms with Crippen molar-refractivity contribution < 1.29 is 10.2 Å². The van der Waals surface area contributed by atoms with E-state index in [1.54, 1.807) is 29.1 Å². The number of nitrogens with one attached hydrogen (secondary N) is 1. The van der Waals surface area contributed by atoms with E-state index in [0.717, 1.165) is 19.5 Å². The lowest BCUT2D eigenvalue weighted by atomic mass is 10.1. The molecule has 1 heterocycles. The summed E-state index contributed by atoms with van der Waals surface area (Å²) in [5.41, 5.74) is 0.531. The Labute approximate surface area is 111 Å². The first-order valence-corrected chi connectivity index (χ1v) is 6.27. The lowest BCUT2D eigenvalue weighted by Gasteiger charge is -2.16. The van der Waals surface area contributed by atoms with Crippen LogP contribution < -0.4 is 5.32 Å². The molecule has 1 aromatic carbocycles.